The second-order valence-electron chi connectivity index (χ2n) is 5.35. The minimum absolute atomic E-state index is 0.0275. The van der Waals surface area contributed by atoms with E-state index in [9.17, 15) is 14.9 Å². The fraction of sp³-hybridized carbons (Fsp3) is 0.500. The summed E-state index contributed by atoms with van der Waals surface area (Å²) in [6, 6.07) is 1.94. The standard InChI is InChI=1S/C16H21N5O3S/c1-3-21-15(23)13(5-4-11-9-18-10-20-11)25-16(21)12(8-17)14(22)19-6-7-24-2/h9-10,13H,3-7H2,1-2H3,(H,18,20)(H,19,22). The zero-order chi connectivity index (χ0) is 18.2. The van der Waals surface area contributed by atoms with Crippen molar-refractivity contribution in [2.24, 2.45) is 0 Å². The molecule has 0 radical (unpaired) electrons. The van der Waals surface area contributed by atoms with Gasteiger partial charge in [0.15, 0.2) is 0 Å². The van der Waals surface area contributed by atoms with Gasteiger partial charge in [0.1, 0.15) is 16.7 Å². The number of hydrogen-bond acceptors (Lipinski definition) is 6. The molecule has 1 fully saturated rings. The van der Waals surface area contributed by atoms with Crippen LogP contribution in [0.25, 0.3) is 0 Å². The number of aromatic nitrogens is 2. The molecule has 1 aliphatic rings. The van der Waals surface area contributed by atoms with E-state index in [1.54, 1.807) is 12.5 Å². The van der Waals surface area contributed by atoms with Crippen molar-refractivity contribution < 1.29 is 14.3 Å². The number of rotatable bonds is 8. The fourth-order valence-corrected chi connectivity index (χ4v) is 3.79. The Balaban J connectivity index is 2.12. The van der Waals surface area contributed by atoms with Crippen molar-refractivity contribution in [3.63, 3.8) is 0 Å². The highest BCUT2D eigenvalue weighted by Crippen LogP contribution is 2.39. The average Bonchev–Trinajstić information content (AvgIpc) is 3.22. The Labute approximate surface area is 150 Å². The maximum atomic E-state index is 12.6. The van der Waals surface area contributed by atoms with Gasteiger partial charge in [0.25, 0.3) is 5.91 Å². The maximum Gasteiger partial charge on any atom is 0.264 e. The highest BCUT2D eigenvalue weighted by atomic mass is 32.2. The summed E-state index contributed by atoms with van der Waals surface area (Å²) in [6.45, 7) is 2.91. The van der Waals surface area contributed by atoms with E-state index >= 15 is 0 Å². The molecule has 134 valence electrons. The molecule has 1 aromatic heterocycles. The van der Waals surface area contributed by atoms with Crippen molar-refractivity contribution in [1.82, 2.24) is 20.2 Å². The zero-order valence-corrected chi connectivity index (χ0v) is 15.1. The van der Waals surface area contributed by atoms with Gasteiger partial charge >= 0.3 is 0 Å². The minimum atomic E-state index is -0.484. The number of nitriles is 1. The number of aromatic amines is 1. The number of methoxy groups -OCH3 is 1. The number of thioether (sulfide) groups is 1. The molecule has 2 N–H and O–H groups in total. The highest BCUT2D eigenvalue weighted by molar-refractivity contribution is 8.04. The first-order chi connectivity index (χ1) is 12.1. The number of nitrogens with zero attached hydrogens (tertiary/aromatic N) is 3. The number of carbonyl (C=O) groups excluding carboxylic acids is 2. The molecule has 0 bridgehead atoms. The molecule has 0 aliphatic carbocycles. The number of imidazole rings is 1. The molecule has 2 heterocycles. The maximum absolute atomic E-state index is 12.6. The second kappa shape index (κ2) is 9.25. The van der Waals surface area contributed by atoms with Crippen LogP contribution in [0.1, 0.15) is 19.0 Å². The number of nitrogens with one attached hydrogen (secondary N) is 2. The van der Waals surface area contributed by atoms with Crippen LogP contribution < -0.4 is 5.32 Å². The van der Waals surface area contributed by atoms with Gasteiger partial charge in [0, 0.05) is 32.1 Å². The van der Waals surface area contributed by atoms with Crippen molar-refractivity contribution in [3.05, 3.63) is 28.8 Å². The van der Waals surface area contributed by atoms with E-state index in [2.05, 4.69) is 15.3 Å². The van der Waals surface area contributed by atoms with Crippen LogP contribution in [0.15, 0.2) is 23.1 Å². The van der Waals surface area contributed by atoms with Crippen LogP contribution in [0.2, 0.25) is 0 Å². The summed E-state index contributed by atoms with van der Waals surface area (Å²) >= 11 is 1.28. The van der Waals surface area contributed by atoms with Crippen LogP contribution in [0.3, 0.4) is 0 Å². The Morgan fingerprint density at radius 1 is 1.60 bits per heavy atom. The molecule has 25 heavy (non-hydrogen) atoms. The summed E-state index contributed by atoms with van der Waals surface area (Å²) in [6.07, 6.45) is 4.61. The molecule has 1 atom stereocenters. The lowest BCUT2D eigenvalue weighted by Crippen LogP contribution is -2.32. The van der Waals surface area contributed by atoms with E-state index in [0.29, 0.717) is 37.6 Å². The van der Waals surface area contributed by atoms with Gasteiger partial charge in [-0.2, -0.15) is 5.26 Å². The van der Waals surface area contributed by atoms with E-state index in [1.807, 2.05) is 13.0 Å². The lowest BCUT2D eigenvalue weighted by molar-refractivity contribution is -0.127. The van der Waals surface area contributed by atoms with Gasteiger partial charge in [-0.1, -0.05) is 11.8 Å². The van der Waals surface area contributed by atoms with E-state index in [1.165, 1.54) is 23.8 Å². The van der Waals surface area contributed by atoms with E-state index in [4.69, 9.17) is 4.74 Å². The van der Waals surface area contributed by atoms with Gasteiger partial charge in [-0.05, 0) is 19.8 Å². The highest BCUT2D eigenvalue weighted by Gasteiger charge is 2.38. The minimum Gasteiger partial charge on any atom is -0.383 e. The smallest absolute Gasteiger partial charge is 0.264 e. The lowest BCUT2D eigenvalue weighted by atomic mass is 10.2. The van der Waals surface area contributed by atoms with Gasteiger partial charge < -0.3 is 19.9 Å². The molecular weight excluding hydrogens is 342 g/mol. The molecule has 9 heteroatoms. The Morgan fingerprint density at radius 2 is 2.40 bits per heavy atom. The predicted molar refractivity (Wildman–Crippen MR) is 93.2 cm³/mol. The molecule has 0 saturated carbocycles. The van der Waals surface area contributed by atoms with Crippen LogP contribution in [0, 0.1) is 11.3 Å². The molecule has 2 amide bonds. The van der Waals surface area contributed by atoms with Crippen LogP contribution in [-0.2, 0) is 20.7 Å². The summed E-state index contributed by atoms with van der Waals surface area (Å²) in [5, 5.41) is 12.2. The fourth-order valence-electron chi connectivity index (χ4n) is 2.46. The Bertz CT molecular complexity index is 680. The van der Waals surface area contributed by atoms with E-state index in [-0.39, 0.29) is 16.7 Å². The van der Waals surface area contributed by atoms with Crippen LogP contribution >= 0.6 is 11.8 Å². The number of H-pyrrole nitrogens is 1. The van der Waals surface area contributed by atoms with E-state index in [0.717, 1.165) is 5.69 Å². The van der Waals surface area contributed by atoms with Gasteiger partial charge in [-0.3, -0.25) is 9.59 Å². The number of carbonyl (C=O) groups is 2. The SMILES string of the molecule is CCN1C(=O)C(CCc2cnc[nH]2)SC1=C(C#N)C(=O)NCCOC. The first kappa shape index (κ1) is 19.0. The first-order valence-corrected chi connectivity index (χ1v) is 8.87. The summed E-state index contributed by atoms with van der Waals surface area (Å²) in [5.74, 6) is -0.554. The molecule has 2 rings (SSSR count). The molecule has 1 unspecified atom stereocenters. The first-order valence-electron chi connectivity index (χ1n) is 7.99. The molecule has 1 aromatic rings. The molecule has 0 aromatic carbocycles. The van der Waals surface area contributed by atoms with Gasteiger partial charge in [0.2, 0.25) is 5.91 Å². The third kappa shape index (κ3) is 4.61. The van der Waals surface area contributed by atoms with Gasteiger partial charge in [0.05, 0.1) is 18.2 Å². The van der Waals surface area contributed by atoms with Gasteiger partial charge in [-0.15, -0.1) is 0 Å². The summed E-state index contributed by atoms with van der Waals surface area (Å²) in [7, 11) is 1.53. The Morgan fingerprint density at radius 3 is 3.00 bits per heavy atom. The largest absolute Gasteiger partial charge is 0.383 e. The quantitative estimate of drug-likeness (QED) is 0.402. The average molecular weight is 363 g/mol. The number of ether oxygens (including phenoxy) is 1. The zero-order valence-electron chi connectivity index (χ0n) is 14.2. The van der Waals surface area contributed by atoms with Crippen molar-refractivity contribution >= 4 is 23.6 Å². The third-order valence-corrected chi connectivity index (χ3v) is 5.10. The molecule has 0 spiro atoms. The molecule has 1 aliphatic heterocycles. The number of aryl methyl sites for hydroxylation is 1. The van der Waals surface area contributed by atoms with Crippen LogP contribution in [0.4, 0.5) is 0 Å². The molecular formula is C16H21N5O3S. The van der Waals surface area contributed by atoms with Gasteiger partial charge in [-0.25, -0.2) is 4.98 Å². The summed E-state index contributed by atoms with van der Waals surface area (Å²) < 4.78 is 4.88. The Hall–Kier alpha value is -2.31. The van der Waals surface area contributed by atoms with Crippen LogP contribution in [0.5, 0.6) is 0 Å². The van der Waals surface area contributed by atoms with Crippen molar-refractivity contribution in [1.29, 1.82) is 5.26 Å². The third-order valence-electron chi connectivity index (χ3n) is 3.73. The van der Waals surface area contributed by atoms with Crippen LogP contribution in [-0.4, -0.2) is 58.7 Å². The number of amides is 2. The van der Waals surface area contributed by atoms with E-state index < -0.39 is 5.91 Å². The topological polar surface area (TPSA) is 111 Å². The normalized spacial score (nSPS) is 19.0. The summed E-state index contributed by atoms with van der Waals surface area (Å²) in [4.78, 5) is 33.3. The Kier molecular flexibility index (Phi) is 7.03. The summed E-state index contributed by atoms with van der Waals surface area (Å²) in [5.41, 5.74) is 0.923. The molecule has 1 saturated heterocycles. The van der Waals surface area contributed by atoms with Crippen molar-refractivity contribution in [2.45, 2.75) is 25.0 Å². The number of hydrogen-bond donors (Lipinski definition) is 2. The van der Waals surface area contributed by atoms with Crippen molar-refractivity contribution in [2.75, 3.05) is 26.8 Å². The second-order valence-corrected chi connectivity index (χ2v) is 6.54. The monoisotopic (exact) mass is 363 g/mol. The molecule has 8 nitrogen and oxygen atoms in total. The lowest BCUT2D eigenvalue weighted by Gasteiger charge is -2.15. The van der Waals surface area contributed by atoms with Crippen molar-refractivity contribution in [3.8, 4) is 6.07 Å². The predicted octanol–water partition coefficient (Wildman–Crippen LogP) is 0.804.